The van der Waals surface area contributed by atoms with E-state index in [1.165, 1.54) is 6.07 Å². The Hall–Kier alpha value is -3.47. The summed E-state index contributed by atoms with van der Waals surface area (Å²) in [5.41, 5.74) is 11.6. The Morgan fingerprint density at radius 3 is 2.32 bits per heavy atom. The van der Waals surface area contributed by atoms with Gasteiger partial charge in [0.2, 0.25) is 0 Å². The number of nitrogens with two attached hydrogens (primary N) is 2. The van der Waals surface area contributed by atoms with Gasteiger partial charge in [0.1, 0.15) is 11.4 Å². The fourth-order valence-corrected chi connectivity index (χ4v) is 5.67. The van der Waals surface area contributed by atoms with Gasteiger partial charge in [0, 0.05) is 40.5 Å². The van der Waals surface area contributed by atoms with E-state index < -0.39 is 23.4 Å². The summed E-state index contributed by atoms with van der Waals surface area (Å²) < 4.78 is 40.3. The maximum absolute atomic E-state index is 13.4. The first-order chi connectivity index (χ1) is 17.9. The van der Waals surface area contributed by atoms with Crippen molar-refractivity contribution < 1.29 is 18.0 Å². The van der Waals surface area contributed by atoms with E-state index >= 15 is 0 Å². The molecule has 4 rings (SSSR count). The van der Waals surface area contributed by atoms with Gasteiger partial charge < -0.3 is 21.7 Å². The number of benzene rings is 1. The number of alkyl halides is 3. The van der Waals surface area contributed by atoms with Crippen LogP contribution in [0, 0.1) is 10.8 Å². The second-order valence-electron chi connectivity index (χ2n) is 10.3. The van der Waals surface area contributed by atoms with E-state index in [4.69, 9.17) is 22.3 Å². The number of hydrogen-bond acceptors (Lipinski definition) is 7. The maximum atomic E-state index is 13.4. The normalized spacial score (nSPS) is 20.3. The predicted octanol–water partition coefficient (Wildman–Crippen LogP) is 3.93. The third kappa shape index (κ3) is 5.24. The first-order valence-electron chi connectivity index (χ1n) is 12.8. The highest BCUT2D eigenvalue weighted by Gasteiger charge is 2.39. The molecule has 7 N–H and O–H groups in total. The van der Waals surface area contributed by atoms with E-state index in [-0.39, 0.29) is 28.7 Å². The standard InChI is InChI=1S/C27H34F3N7O/c1-37(2)15-9-7-14(8-10-15)35-26(38)23(33)22-19(32)11-12-20-21(22)16-5-3-4-6-17(16)24(36-20)18(13-31)25(34)27(28,29)30/h11-15,33-34H,3-10,31-32H2,1-2H3,(H,35,38)/b18-13-,33-23?,34-25?. The average molecular weight is 530 g/mol. The van der Waals surface area contributed by atoms with Crippen LogP contribution in [-0.2, 0) is 17.6 Å². The molecule has 0 aliphatic heterocycles. The molecule has 11 heteroatoms. The molecule has 8 nitrogen and oxygen atoms in total. The van der Waals surface area contributed by atoms with Crippen molar-refractivity contribution in [1.29, 1.82) is 10.8 Å². The highest BCUT2D eigenvalue weighted by molar-refractivity contribution is 6.47. The summed E-state index contributed by atoms with van der Waals surface area (Å²) in [6.07, 6.45) is 1.90. The van der Waals surface area contributed by atoms with E-state index in [0.29, 0.717) is 40.9 Å². The number of anilines is 1. The number of hydrogen-bond donors (Lipinski definition) is 5. The monoisotopic (exact) mass is 529 g/mol. The zero-order valence-corrected chi connectivity index (χ0v) is 21.6. The van der Waals surface area contributed by atoms with Crippen LogP contribution in [0.25, 0.3) is 16.5 Å². The highest BCUT2D eigenvalue weighted by Crippen LogP contribution is 2.38. The number of nitrogens with one attached hydrogen (secondary N) is 3. The lowest BCUT2D eigenvalue weighted by molar-refractivity contribution is -0.115. The highest BCUT2D eigenvalue weighted by atomic mass is 19.4. The Bertz CT molecular complexity index is 1310. The zero-order chi connectivity index (χ0) is 27.8. The number of carbonyl (C=O) groups excluding carboxylic acids is 1. The van der Waals surface area contributed by atoms with Crippen LogP contribution in [0.3, 0.4) is 0 Å². The summed E-state index contributed by atoms with van der Waals surface area (Å²) in [6.45, 7) is 0. The van der Waals surface area contributed by atoms with Crippen LogP contribution >= 0.6 is 0 Å². The molecule has 0 unspecified atom stereocenters. The number of allylic oxidation sites excluding steroid dienone is 1. The topological polar surface area (TPSA) is 145 Å². The van der Waals surface area contributed by atoms with Crippen LogP contribution in [0.4, 0.5) is 18.9 Å². The zero-order valence-electron chi connectivity index (χ0n) is 21.6. The van der Waals surface area contributed by atoms with Crippen molar-refractivity contribution in [3.63, 3.8) is 0 Å². The molecular formula is C27H34F3N7O. The number of amides is 1. The van der Waals surface area contributed by atoms with Crippen LogP contribution in [0.15, 0.2) is 18.3 Å². The first kappa shape index (κ1) is 27.6. The molecular weight excluding hydrogens is 495 g/mol. The third-order valence-corrected chi connectivity index (χ3v) is 7.72. The lowest BCUT2D eigenvalue weighted by Crippen LogP contribution is -2.44. The number of pyridine rings is 1. The minimum Gasteiger partial charge on any atom is -0.404 e. The van der Waals surface area contributed by atoms with Gasteiger partial charge >= 0.3 is 6.18 Å². The Balaban J connectivity index is 1.75. The number of carbonyl (C=O) groups is 1. The van der Waals surface area contributed by atoms with Gasteiger partial charge in [0.25, 0.3) is 5.91 Å². The molecule has 2 aliphatic rings. The number of nitrogen functional groups attached to an aromatic ring is 1. The lowest BCUT2D eigenvalue weighted by atomic mass is 9.83. The number of fused-ring (bicyclic) bond motifs is 3. The second kappa shape index (κ2) is 10.7. The molecule has 1 aromatic carbocycles. The molecule has 2 aromatic rings. The predicted molar refractivity (Wildman–Crippen MR) is 143 cm³/mol. The Morgan fingerprint density at radius 2 is 1.74 bits per heavy atom. The maximum Gasteiger partial charge on any atom is 0.433 e. The quantitative estimate of drug-likeness (QED) is 0.284. The van der Waals surface area contributed by atoms with Gasteiger partial charge in [-0.3, -0.25) is 15.6 Å². The minimum absolute atomic E-state index is 0.0152. The van der Waals surface area contributed by atoms with Crippen molar-refractivity contribution in [2.75, 3.05) is 19.8 Å². The molecule has 1 amide bonds. The fraction of sp³-hybridized carbons (Fsp3) is 0.481. The van der Waals surface area contributed by atoms with Crippen molar-refractivity contribution in [2.45, 2.75) is 69.6 Å². The molecule has 0 saturated heterocycles. The number of nitrogens with zero attached hydrogens (tertiary/aromatic N) is 2. The summed E-state index contributed by atoms with van der Waals surface area (Å²) in [5, 5.41) is 20.0. The van der Waals surface area contributed by atoms with Crippen molar-refractivity contribution in [2.24, 2.45) is 5.73 Å². The number of rotatable bonds is 6. The van der Waals surface area contributed by atoms with Gasteiger partial charge in [0.15, 0.2) is 0 Å². The fourth-order valence-electron chi connectivity index (χ4n) is 5.67. The molecule has 38 heavy (non-hydrogen) atoms. The van der Waals surface area contributed by atoms with E-state index in [2.05, 4.69) is 15.2 Å². The molecule has 1 fully saturated rings. The first-order valence-corrected chi connectivity index (χ1v) is 12.8. The molecule has 1 heterocycles. The van der Waals surface area contributed by atoms with Crippen molar-refractivity contribution in [1.82, 2.24) is 15.2 Å². The molecule has 1 saturated carbocycles. The summed E-state index contributed by atoms with van der Waals surface area (Å²) in [6, 6.07) is 3.51. The third-order valence-electron chi connectivity index (χ3n) is 7.72. The molecule has 204 valence electrons. The van der Waals surface area contributed by atoms with Crippen LogP contribution in [0.1, 0.15) is 60.9 Å². The molecule has 2 aliphatic carbocycles. The number of halogens is 3. The lowest BCUT2D eigenvalue weighted by Gasteiger charge is -2.33. The van der Waals surface area contributed by atoms with Gasteiger partial charge in [-0.2, -0.15) is 13.2 Å². The number of aromatic nitrogens is 1. The molecule has 0 atom stereocenters. The second-order valence-corrected chi connectivity index (χ2v) is 10.3. The van der Waals surface area contributed by atoms with Crippen LogP contribution < -0.4 is 16.8 Å². The van der Waals surface area contributed by atoms with Crippen molar-refractivity contribution >= 4 is 39.5 Å². The summed E-state index contributed by atoms with van der Waals surface area (Å²) >= 11 is 0. The Labute approximate surface area is 219 Å². The van der Waals surface area contributed by atoms with Crippen LogP contribution in [0.5, 0.6) is 0 Å². The summed E-state index contributed by atoms with van der Waals surface area (Å²) in [5.74, 6) is -0.535. The van der Waals surface area contributed by atoms with Gasteiger partial charge in [-0.25, -0.2) is 4.98 Å². The number of aryl methyl sites for hydroxylation is 1. The summed E-state index contributed by atoms with van der Waals surface area (Å²) in [7, 11) is 4.09. The Kier molecular flexibility index (Phi) is 7.78. The summed E-state index contributed by atoms with van der Waals surface area (Å²) in [4.78, 5) is 19.9. The minimum atomic E-state index is -4.89. The molecule has 0 spiro atoms. The van der Waals surface area contributed by atoms with Gasteiger partial charge in [-0.15, -0.1) is 0 Å². The molecule has 0 radical (unpaired) electrons. The van der Waals surface area contributed by atoms with E-state index in [1.807, 2.05) is 14.1 Å². The van der Waals surface area contributed by atoms with Crippen molar-refractivity contribution in [3.05, 3.63) is 40.7 Å². The van der Waals surface area contributed by atoms with Crippen LogP contribution in [-0.4, -0.2) is 59.6 Å². The average Bonchev–Trinajstić information content (AvgIpc) is 2.88. The smallest absolute Gasteiger partial charge is 0.404 e. The van der Waals surface area contributed by atoms with Gasteiger partial charge in [0.05, 0.1) is 11.2 Å². The molecule has 0 bridgehead atoms. The SMILES string of the molecule is CN(C)C1CCC(NC(=O)C(=N)c2c(N)ccc3nc(/C(=C/N)C(=N)C(F)(F)F)c4c(c23)CCCC4)CC1. The Morgan fingerprint density at radius 1 is 1.11 bits per heavy atom. The van der Waals surface area contributed by atoms with Gasteiger partial charge in [-0.05, 0) is 88.7 Å². The molecule has 1 aromatic heterocycles. The van der Waals surface area contributed by atoms with E-state index in [1.54, 1.807) is 6.07 Å². The van der Waals surface area contributed by atoms with Crippen LogP contribution in [0.2, 0.25) is 0 Å². The van der Waals surface area contributed by atoms with E-state index in [0.717, 1.165) is 44.7 Å². The van der Waals surface area contributed by atoms with Crippen molar-refractivity contribution in [3.8, 4) is 0 Å². The van der Waals surface area contributed by atoms with E-state index in [9.17, 15) is 18.0 Å². The largest absolute Gasteiger partial charge is 0.433 e. The van der Waals surface area contributed by atoms with Gasteiger partial charge in [-0.1, -0.05) is 0 Å².